The molecule has 2 amide bonds. The molecule has 2 saturated heterocycles. The molecule has 2 aliphatic heterocycles. The summed E-state index contributed by atoms with van der Waals surface area (Å²) in [6.45, 7) is 2.46. The normalized spacial score (nSPS) is 25.4. The Hall–Kier alpha value is -1.96. The van der Waals surface area contributed by atoms with Crippen LogP contribution < -0.4 is 5.32 Å². The third-order valence-electron chi connectivity index (χ3n) is 6.17. The maximum atomic E-state index is 13.1. The highest BCUT2D eigenvalue weighted by Gasteiger charge is 2.36. The molecule has 0 radical (unpaired) electrons. The summed E-state index contributed by atoms with van der Waals surface area (Å²) < 4.78 is 7.18. The van der Waals surface area contributed by atoms with E-state index in [0.29, 0.717) is 37.9 Å². The smallest absolute Gasteiger partial charge is 0.276 e. The number of amides is 2. The van der Waals surface area contributed by atoms with E-state index in [4.69, 9.17) is 4.74 Å². The van der Waals surface area contributed by atoms with E-state index in [-0.39, 0.29) is 23.9 Å². The van der Waals surface area contributed by atoms with E-state index in [1.165, 1.54) is 19.3 Å². The van der Waals surface area contributed by atoms with Gasteiger partial charge in [0.25, 0.3) is 5.91 Å². The fourth-order valence-electron chi connectivity index (χ4n) is 4.58. The van der Waals surface area contributed by atoms with Crippen molar-refractivity contribution in [3.05, 3.63) is 11.9 Å². The van der Waals surface area contributed by atoms with Crippen LogP contribution in [-0.2, 0) is 9.53 Å². The SMILES string of the molecule is O=C1NCCN(C(=O)c2cn(C3CCOCC3)nn2)[C@H]1CC1CCCCC1. The van der Waals surface area contributed by atoms with Crippen molar-refractivity contribution in [1.82, 2.24) is 25.2 Å². The average Bonchev–Trinajstić information content (AvgIpc) is 3.21. The van der Waals surface area contributed by atoms with Crippen LogP contribution in [0.5, 0.6) is 0 Å². The van der Waals surface area contributed by atoms with Gasteiger partial charge in [-0.15, -0.1) is 5.10 Å². The molecule has 3 heterocycles. The highest BCUT2D eigenvalue weighted by Crippen LogP contribution is 2.29. The van der Waals surface area contributed by atoms with Crippen molar-refractivity contribution in [2.45, 2.75) is 63.5 Å². The molecule has 0 bridgehead atoms. The number of hydrogen-bond donors (Lipinski definition) is 1. The van der Waals surface area contributed by atoms with Crippen LogP contribution in [0.1, 0.15) is 67.9 Å². The van der Waals surface area contributed by atoms with Crippen LogP contribution in [-0.4, -0.2) is 64.1 Å². The molecule has 1 saturated carbocycles. The number of carbonyl (C=O) groups excluding carboxylic acids is 2. The first kappa shape index (κ1) is 18.4. The first-order chi connectivity index (χ1) is 13.2. The number of nitrogens with zero attached hydrogens (tertiary/aromatic N) is 4. The molecule has 3 fully saturated rings. The highest BCUT2D eigenvalue weighted by atomic mass is 16.5. The van der Waals surface area contributed by atoms with E-state index in [0.717, 1.165) is 32.1 Å². The summed E-state index contributed by atoms with van der Waals surface area (Å²) in [4.78, 5) is 27.3. The van der Waals surface area contributed by atoms with Gasteiger partial charge >= 0.3 is 0 Å². The summed E-state index contributed by atoms with van der Waals surface area (Å²) >= 11 is 0. The van der Waals surface area contributed by atoms with E-state index in [1.807, 2.05) is 0 Å². The number of hydrogen-bond acceptors (Lipinski definition) is 5. The standard InChI is InChI=1S/C19H29N5O3/c25-18-17(12-14-4-2-1-3-5-14)23(9-8-20-18)19(26)16-13-24(22-21-16)15-6-10-27-11-7-15/h13-15,17H,1-12H2,(H,20,25)/t17-/m0/s1. The Morgan fingerprint density at radius 2 is 1.96 bits per heavy atom. The Bertz CT molecular complexity index is 664. The molecule has 8 nitrogen and oxygen atoms in total. The minimum Gasteiger partial charge on any atom is -0.381 e. The van der Waals surface area contributed by atoms with Crippen molar-refractivity contribution < 1.29 is 14.3 Å². The summed E-state index contributed by atoms with van der Waals surface area (Å²) in [5.41, 5.74) is 0.338. The monoisotopic (exact) mass is 375 g/mol. The molecule has 1 aliphatic carbocycles. The first-order valence-corrected chi connectivity index (χ1v) is 10.3. The van der Waals surface area contributed by atoms with Crippen molar-refractivity contribution >= 4 is 11.8 Å². The highest BCUT2D eigenvalue weighted by molar-refractivity contribution is 5.96. The molecule has 0 aromatic carbocycles. The van der Waals surface area contributed by atoms with E-state index in [1.54, 1.807) is 15.8 Å². The van der Waals surface area contributed by atoms with Crippen LogP contribution in [0.15, 0.2) is 6.20 Å². The van der Waals surface area contributed by atoms with Crippen molar-refractivity contribution in [2.75, 3.05) is 26.3 Å². The van der Waals surface area contributed by atoms with Gasteiger partial charge in [0.2, 0.25) is 5.91 Å². The Balaban J connectivity index is 1.46. The lowest BCUT2D eigenvalue weighted by molar-refractivity contribution is -0.128. The molecule has 1 N–H and O–H groups in total. The molecule has 1 aromatic heterocycles. The van der Waals surface area contributed by atoms with Crippen LogP contribution in [0.2, 0.25) is 0 Å². The van der Waals surface area contributed by atoms with Gasteiger partial charge in [0.15, 0.2) is 5.69 Å². The average molecular weight is 375 g/mol. The van der Waals surface area contributed by atoms with Crippen molar-refractivity contribution in [2.24, 2.45) is 5.92 Å². The Morgan fingerprint density at radius 1 is 1.19 bits per heavy atom. The molecular formula is C19H29N5O3. The molecular weight excluding hydrogens is 346 g/mol. The summed E-state index contributed by atoms with van der Waals surface area (Å²) in [6, 6.07) is -0.155. The second-order valence-corrected chi connectivity index (χ2v) is 7.97. The zero-order valence-corrected chi connectivity index (χ0v) is 15.8. The van der Waals surface area contributed by atoms with Gasteiger partial charge in [0.05, 0.1) is 12.2 Å². The quantitative estimate of drug-likeness (QED) is 0.862. The molecule has 1 aromatic rings. The first-order valence-electron chi connectivity index (χ1n) is 10.3. The third kappa shape index (κ3) is 4.15. The number of nitrogens with one attached hydrogen (secondary N) is 1. The third-order valence-corrected chi connectivity index (χ3v) is 6.17. The van der Waals surface area contributed by atoms with Gasteiger partial charge in [-0.2, -0.15) is 0 Å². The maximum absolute atomic E-state index is 13.1. The van der Waals surface area contributed by atoms with Gasteiger partial charge in [-0.1, -0.05) is 37.3 Å². The Labute approximate surface area is 159 Å². The molecule has 4 rings (SSSR count). The number of piperazine rings is 1. The lowest BCUT2D eigenvalue weighted by Gasteiger charge is -2.37. The summed E-state index contributed by atoms with van der Waals surface area (Å²) in [7, 11) is 0. The Morgan fingerprint density at radius 3 is 2.74 bits per heavy atom. The van der Waals surface area contributed by atoms with Crippen molar-refractivity contribution in [3.8, 4) is 0 Å². The fourth-order valence-corrected chi connectivity index (χ4v) is 4.58. The van der Waals surface area contributed by atoms with Gasteiger partial charge in [0.1, 0.15) is 6.04 Å². The zero-order chi connectivity index (χ0) is 18.6. The second kappa shape index (κ2) is 8.37. The summed E-state index contributed by atoms with van der Waals surface area (Å²) in [6.07, 6.45) is 10.3. The zero-order valence-electron chi connectivity index (χ0n) is 15.8. The number of aromatic nitrogens is 3. The van der Waals surface area contributed by atoms with Gasteiger partial charge in [0, 0.05) is 26.3 Å². The van der Waals surface area contributed by atoms with Crippen LogP contribution in [0.4, 0.5) is 0 Å². The van der Waals surface area contributed by atoms with E-state index in [9.17, 15) is 9.59 Å². The summed E-state index contributed by atoms with van der Waals surface area (Å²) in [5.74, 6) is 0.321. The predicted octanol–water partition coefficient (Wildman–Crippen LogP) is 1.54. The van der Waals surface area contributed by atoms with Crippen LogP contribution in [0.3, 0.4) is 0 Å². The fraction of sp³-hybridized carbons (Fsp3) is 0.789. The van der Waals surface area contributed by atoms with Crippen LogP contribution in [0, 0.1) is 5.92 Å². The number of rotatable bonds is 4. The van der Waals surface area contributed by atoms with Gasteiger partial charge in [-0.25, -0.2) is 4.68 Å². The van der Waals surface area contributed by atoms with Crippen molar-refractivity contribution in [3.63, 3.8) is 0 Å². The van der Waals surface area contributed by atoms with E-state index >= 15 is 0 Å². The molecule has 148 valence electrons. The minimum atomic E-state index is -0.386. The number of ether oxygens (including phenoxy) is 1. The second-order valence-electron chi connectivity index (χ2n) is 7.97. The van der Waals surface area contributed by atoms with E-state index < -0.39 is 0 Å². The summed E-state index contributed by atoms with van der Waals surface area (Å²) in [5, 5.41) is 11.2. The van der Waals surface area contributed by atoms with Crippen LogP contribution in [0.25, 0.3) is 0 Å². The lowest BCUT2D eigenvalue weighted by Crippen LogP contribution is -2.57. The molecule has 27 heavy (non-hydrogen) atoms. The largest absolute Gasteiger partial charge is 0.381 e. The minimum absolute atomic E-state index is 0.0306. The molecule has 3 aliphatic rings. The molecule has 8 heteroatoms. The number of carbonyl (C=O) groups is 2. The van der Waals surface area contributed by atoms with Gasteiger partial charge in [-0.05, 0) is 25.2 Å². The van der Waals surface area contributed by atoms with Crippen LogP contribution >= 0.6 is 0 Å². The maximum Gasteiger partial charge on any atom is 0.276 e. The predicted molar refractivity (Wildman–Crippen MR) is 98.1 cm³/mol. The van der Waals surface area contributed by atoms with Crippen molar-refractivity contribution in [1.29, 1.82) is 0 Å². The van der Waals surface area contributed by atoms with E-state index in [2.05, 4.69) is 15.6 Å². The molecule has 0 spiro atoms. The Kier molecular flexibility index (Phi) is 5.71. The van der Waals surface area contributed by atoms with Gasteiger partial charge < -0.3 is 15.0 Å². The topological polar surface area (TPSA) is 89.4 Å². The molecule has 1 atom stereocenters. The van der Waals surface area contributed by atoms with Gasteiger partial charge in [-0.3, -0.25) is 9.59 Å². The lowest BCUT2D eigenvalue weighted by atomic mass is 9.84. The molecule has 0 unspecified atom stereocenters.